The van der Waals surface area contributed by atoms with Crippen LogP contribution in [0.1, 0.15) is 13.3 Å². The van der Waals surface area contributed by atoms with E-state index in [9.17, 15) is 22.4 Å². The molecule has 2 nitrogen and oxygen atoms in total. The van der Waals surface area contributed by atoms with Gasteiger partial charge in [-0.05, 0) is 22.9 Å². The molecule has 0 saturated carbocycles. The predicted octanol–water partition coefficient (Wildman–Crippen LogP) is 3.12. The number of carbonyl (C=O) groups is 1. The first-order chi connectivity index (χ1) is 6.70. The SMILES string of the molecule is C/C=C/C(=O)OCCC(F)(F)C(F)(F)Br. The smallest absolute Gasteiger partial charge is 0.363 e. The second-order valence-electron chi connectivity index (χ2n) is 2.62. The third-order valence-corrected chi connectivity index (χ3v) is 1.96. The van der Waals surface area contributed by atoms with Gasteiger partial charge in [0.25, 0.3) is 0 Å². The van der Waals surface area contributed by atoms with E-state index < -0.39 is 29.8 Å². The van der Waals surface area contributed by atoms with E-state index in [-0.39, 0.29) is 0 Å². The molecular formula is C8H9BrF4O2. The third-order valence-electron chi connectivity index (χ3n) is 1.38. The zero-order chi connectivity index (χ0) is 12.1. The monoisotopic (exact) mass is 292 g/mol. The Labute approximate surface area is 92.4 Å². The highest BCUT2D eigenvalue weighted by Crippen LogP contribution is 2.41. The molecule has 0 saturated heterocycles. The number of allylic oxidation sites excluding steroid dienone is 1. The molecule has 0 amide bonds. The van der Waals surface area contributed by atoms with Crippen molar-refractivity contribution in [2.75, 3.05) is 6.61 Å². The lowest BCUT2D eigenvalue weighted by molar-refractivity contribution is -0.163. The second-order valence-corrected chi connectivity index (χ2v) is 3.62. The molecule has 0 N–H and O–H groups in total. The molecule has 15 heavy (non-hydrogen) atoms. The normalized spacial score (nSPS) is 13.2. The minimum Gasteiger partial charge on any atom is -0.462 e. The van der Waals surface area contributed by atoms with Crippen LogP contribution in [0.2, 0.25) is 0 Å². The van der Waals surface area contributed by atoms with Crippen molar-refractivity contribution in [2.24, 2.45) is 0 Å². The first-order valence-electron chi connectivity index (χ1n) is 3.94. The van der Waals surface area contributed by atoms with Crippen molar-refractivity contribution in [2.45, 2.75) is 24.1 Å². The molecule has 88 valence electrons. The van der Waals surface area contributed by atoms with Crippen LogP contribution < -0.4 is 0 Å². The molecule has 0 aromatic carbocycles. The topological polar surface area (TPSA) is 26.3 Å². The van der Waals surface area contributed by atoms with Crippen LogP contribution in [-0.2, 0) is 9.53 Å². The van der Waals surface area contributed by atoms with E-state index in [0.717, 1.165) is 6.08 Å². The second kappa shape index (κ2) is 5.48. The molecule has 0 heterocycles. The lowest BCUT2D eigenvalue weighted by atomic mass is 10.2. The lowest BCUT2D eigenvalue weighted by Gasteiger charge is -2.20. The van der Waals surface area contributed by atoms with Gasteiger partial charge >= 0.3 is 16.7 Å². The lowest BCUT2D eigenvalue weighted by Crippen LogP contribution is -2.36. The van der Waals surface area contributed by atoms with E-state index in [1.165, 1.54) is 13.0 Å². The molecule has 0 bridgehead atoms. The minimum absolute atomic E-state index is 0.767. The molecule has 0 aromatic rings. The molecule has 0 aliphatic carbocycles. The average molecular weight is 293 g/mol. The Morgan fingerprint density at radius 3 is 2.33 bits per heavy atom. The number of hydrogen-bond acceptors (Lipinski definition) is 2. The maximum absolute atomic E-state index is 12.6. The minimum atomic E-state index is -4.30. The van der Waals surface area contributed by atoms with Crippen molar-refractivity contribution in [1.29, 1.82) is 0 Å². The van der Waals surface area contributed by atoms with E-state index in [2.05, 4.69) is 4.74 Å². The van der Waals surface area contributed by atoms with Gasteiger partial charge in [0, 0.05) is 6.08 Å². The third kappa shape index (κ3) is 5.15. The fourth-order valence-corrected chi connectivity index (χ4v) is 0.804. The maximum Gasteiger partial charge on any atom is 0.363 e. The molecule has 0 spiro atoms. The molecule has 0 unspecified atom stereocenters. The van der Waals surface area contributed by atoms with Gasteiger partial charge in [-0.2, -0.15) is 17.6 Å². The van der Waals surface area contributed by atoms with Crippen molar-refractivity contribution < 1.29 is 27.1 Å². The van der Waals surface area contributed by atoms with Gasteiger partial charge in [0.05, 0.1) is 13.0 Å². The Balaban J connectivity index is 4.01. The molecule has 7 heteroatoms. The van der Waals surface area contributed by atoms with E-state index in [4.69, 9.17) is 0 Å². The first-order valence-corrected chi connectivity index (χ1v) is 4.74. The van der Waals surface area contributed by atoms with Crippen LogP contribution in [0.4, 0.5) is 17.6 Å². The van der Waals surface area contributed by atoms with Gasteiger partial charge in [0.15, 0.2) is 0 Å². The molecule has 0 aliphatic heterocycles. The summed E-state index contributed by atoms with van der Waals surface area (Å²) in [5.74, 6) is -5.09. The molecule has 0 aromatic heterocycles. The maximum atomic E-state index is 12.6. The summed E-state index contributed by atoms with van der Waals surface area (Å²) in [4.78, 5) is 6.33. The number of halogens is 5. The number of alkyl halides is 5. The van der Waals surface area contributed by atoms with Crippen LogP contribution in [0.3, 0.4) is 0 Å². The van der Waals surface area contributed by atoms with E-state index in [1.807, 2.05) is 0 Å². The summed E-state index contributed by atoms with van der Waals surface area (Å²) < 4.78 is 53.7. The molecule has 0 rings (SSSR count). The van der Waals surface area contributed by atoms with Crippen LogP contribution in [-0.4, -0.2) is 23.3 Å². The Bertz CT molecular complexity index is 248. The first kappa shape index (κ1) is 14.4. The van der Waals surface area contributed by atoms with Crippen LogP contribution >= 0.6 is 15.9 Å². The van der Waals surface area contributed by atoms with Gasteiger partial charge < -0.3 is 4.74 Å². The highest BCUT2D eigenvalue weighted by atomic mass is 79.9. The Hall–Kier alpha value is -0.590. The van der Waals surface area contributed by atoms with Gasteiger partial charge in [-0.15, -0.1) is 0 Å². The van der Waals surface area contributed by atoms with Crippen molar-refractivity contribution in [1.82, 2.24) is 0 Å². The molecule has 0 fully saturated rings. The standard InChI is InChI=1S/C8H9BrF4O2/c1-2-3-6(14)15-5-4-7(10,11)8(9,12)13/h2-3H,4-5H2,1H3/b3-2+. The molecule has 0 aliphatic rings. The largest absolute Gasteiger partial charge is 0.462 e. The fourth-order valence-electron chi connectivity index (χ4n) is 0.606. The predicted molar refractivity (Wildman–Crippen MR) is 49.2 cm³/mol. The van der Waals surface area contributed by atoms with E-state index >= 15 is 0 Å². The summed E-state index contributed by atoms with van der Waals surface area (Å²) in [6.07, 6.45) is 1.11. The summed E-state index contributed by atoms with van der Waals surface area (Å²) in [5, 5.41) is 0. The Kier molecular flexibility index (Phi) is 5.27. The van der Waals surface area contributed by atoms with Crippen LogP contribution in [0.25, 0.3) is 0 Å². The van der Waals surface area contributed by atoms with E-state index in [0.29, 0.717) is 0 Å². The molecular weight excluding hydrogens is 284 g/mol. The zero-order valence-corrected chi connectivity index (χ0v) is 9.36. The van der Waals surface area contributed by atoms with Crippen molar-refractivity contribution >= 4 is 21.9 Å². The number of carbonyl (C=O) groups excluding carboxylic acids is 1. The van der Waals surface area contributed by atoms with Gasteiger partial charge in [0.1, 0.15) is 0 Å². The number of rotatable bonds is 5. The van der Waals surface area contributed by atoms with Crippen LogP contribution in [0.5, 0.6) is 0 Å². The quantitative estimate of drug-likeness (QED) is 0.337. The number of hydrogen-bond donors (Lipinski definition) is 0. The summed E-state index contributed by atoms with van der Waals surface area (Å²) in [6, 6.07) is 0. The fraction of sp³-hybridized carbons (Fsp3) is 0.625. The van der Waals surface area contributed by atoms with Gasteiger partial charge in [-0.1, -0.05) is 6.08 Å². The number of esters is 1. The summed E-state index contributed by atoms with van der Waals surface area (Å²) in [5.41, 5.74) is 0. The molecule has 0 atom stereocenters. The van der Waals surface area contributed by atoms with Gasteiger partial charge in [-0.25, -0.2) is 4.79 Å². The average Bonchev–Trinajstić information content (AvgIpc) is 2.01. The van der Waals surface area contributed by atoms with E-state index in [1.54, 1.807) is 15.9 Å². The van der Waals surface area contributed by atoms with Gasteiger partial charge in [-0.3, -0.25) is 0 Å². The number of ether oxygens (including phenoxy) is 1. The Morgan fingerprint density at radius 2 is 1.93 bits per heavy atom. The highest BCUT2D eigenvalue weighted by Gasteiger charge is 2.53. The molecule has 0 radical (unpaired) electrons. The zero-order valence-electron chi connectivity index (χ0n) is 7.78. The Morgan fingerprint density at radius 1 is 1.40 bits per heavy atom. The summed E-state index contributed by atoms with van der Waals surface area (Å²) in [7, 11) is 0. The highest BCUT2D eigenvalue weighted by molar-refractivity contribution is 9.10. The van der Waals surface area contributed by atoms with Crippen molar-refractivity contribution in [3.8, 4) is 0 Å². The van der Waals surface area contributed by atoms with Crippen molar-refractivity contribution in [3.05, 3.63) is 12.2 Å². The van der Waals surface area contributed by atoms with Crippen LogP contribution in [0, 0.1) is 0 Å². The van der Waals surface area contributed by atoms with Crippen LogP contribution in [0.15, 0.2) is 12.2 Å². The van der Waals surface area contributed by atoms with Gasteiger partial charge in [0.2, 0.25) is 0 Å². The summed E-state index contributed by atoms with van der Waals surface area (Å²) in [6.45, 7) is 0.764. The van der Waals surface area contributed by atoms with Crippen molar-refractivity contribution in [3.63, 3.8) is 0 Å². The summed E-state index contributed by atoms with van der Waals surface area (Å²) >= 11 is 1.56.